The zero-order valence-electron chi connectivity index (χ0n) is 10.9. The van der Waals surface area contributed by atoms with Crippen molar-refractivity contribution in [1.29, 1.82) is 0 Å². The van der Waals surface area contributed by atoms with Gasteiger partial charge in [-0.2, -0.15) is 0 Å². The summed E-state index contributed by atoms with van der Waals surface area (Å²) in [6.45, 7) is 0.484. The van der Waals surface area contributed by atoms with Crippen LogP contribution in [-0.4, -0.2) is 53.9 Å². The molecule has 0 fully saturated rings. The van der Waals surface area contributed by atoms with Crippen LogP contribution in [0.4, 0.5) is 0 Å². The molecule has 0 radical (unpaired) electrons. The summed E-state index contributed by atoms with van der Waals surface area (Å²) in [7, 11) is 1.45. The van der Waals surface area contributed by atoms with Gasteiger partial charge < -0.3 is 19.7 Å². The Kier molecular flexibility index (Phi) is 4.09. The van der Waals surface area contributed by atoms with Gasteiger partial charge in [-0.05, 0) is 24.7 Å². The first kappa shape index (κ1) is 14.1. The van der Waals surface area contributed by atoms with Crippen molar-refractivity contribution in [3.05, 3.63) is 23.8 Å². The van der Waals surface area contributed by atoms with Crippen LogP contribution in [0, 0.1) is 0 Å². The van der Waals surface area contributed by atoms with Crippen molar-refractivity contribution in [3.8, 4) is 11.5 Å². The van der Waals surface area contributed by atoms with Crippen LogP contribution in [0.3, 0.4) is 0 Å². The summed E-state index contributed by atoms with van der Waals surface area (Å²) >= 11 is 0. The van der Waals surface area contributed by atoms with Gasteiger partial charge in [0.05, 0.1) is 6.54 Å². The molecule has 7 nitrogen and oxygen atoms in total. The molecule has 20 heavy (non-hydrogen) atoms. The number of benzene rings is 1. The van der Waals surface area contributed by atoms with E-state index >= 15 is 0 Å². The number of hydrogen-bond donors (Lipinski definition) is 2. The number of aliphatic carboxylic acids is 2. The van der Waals surface area contributed by atoms with Gasteiger partial charge in [0.2, 0.25) is 0 Å². The molecule has 1 unspecified atom stereocenters. The van der Waals surface area contributed by atoms with Crippen molar-refractivity contribution in [2.75, 3.05) is 26.8 Å². The molecule has 0 bridgehead atoms. The van der Waals surface area contributed by atoms with E-state index in [0.29, 0.717) is 30.3 Å². The molecule has 0 amide bonds. The van der Waals surface area contributed by atoms with Crippen LogP contribution in [0.15, 0.2) is 18.2 Å². The molecular formula is C13H15NO6. The highest BCUT2D eigenvalue weighted by atomic mass is 16.6. The minimum Gasteiger partial charge on any atom is -0.486 e. The molecule has 2 N–H and O–H groups in total. The molecule has 0 spiro atoms. The minimum absolute atomic E-state index is 0.370. The molecule has 1 aromatic carbocycles. The second-order valence-corrected chi connectivity index (χ2v) is 4.45. The topological polar surface area (TPSA) is 96.3 Å². The lowest BCUT2D eigenvalue weighted by Crippen LogP contribution is -2.34. The lowest BCUT2D eigenvalue weighted by Gasteiger charge is -2.25. The number of nitrogens with zero attached hydrogens (tertiary/aromatic N) is 1. The molecule has 0 saturated heterocycles. The Bertz CT molecular complexity index is 530. The van der Waals surface area contributed by atoms with E-state index in [4.69, 9.17) is 14.6 Å². The van der Waals surface area contributed by atoms with Crippen LogP contribution in [0.2, 0.25) is 0 Å². The summed E-state index contributed by atoms with van der Waals surface area (Å²) in [4.78, 5) is 23.4. The summed E-state index contributed by atoms with van der Waals surface area (Å²) in [6.07, 6.45) is 0. The summed E-state index contributed by atoms with van der Waals surface area (Å²) < 4.78 is 10.8. The fourth-order valence-corrected chi connectivity index (χ4v) is 2.12. The number of carbonyl (C=O) groups is 2. The minimum atomic E-state index is -1.12. The number of ether oxygens (including phenoxy) is 2. The first-order valence-electron chi connectivity index (χ1n) is 6.03. The van der Waals surface area contributed by atoms with Gasteiger partial charge >= 0.3 is 11.9 Å². The van der Waals surface area contributed by atoms with Crippen LogP contribution in [0.1, 0.15) is 11.6 Å². The lowest BCUT2D eigenvalue weighted by molar-refractivity contribution is -0.145. The molecule has 1 aliphatic heterocycles. The second kappa shape index (κ2) is 5.79. The first-order valence-corrected chi connectivity index (χ1v) is 6.03. The van der Waals surface area contributed by atoms with Gasteiger partial charge in [-0.3, -0.25) is 14.5 Å². The predicted molar refractivity (Wildman–Crippen MR) is 68.1 cm³/mol. The third-order valence-corrected chi connectivity index (χ3v) is 2.94. The fraction of sp³-hybridized carbons (Fsp3) is 0.385. The van der Waals surface area contributed by atoms with E-state index in [1.807, 2.05) is 0 Å². The maximum atomic E-state index is 11.4. The number of fused-ring (bicyclic) bond motifs is 1. The number of likely N-dealkylation sites (N-methyl/N-ethyl adjacent to an activating group) is 1. The SMILES string of the molecule is CN(CC(=O)O)C(C(=O)O)c1ccc2c(c1)OCCO2. The van der Waals surface area contributed by atoms with Crippen molar-refractivity contribution < 1.29 is 29.3 Å². The molecule has 1 atom stereocenters. The van der Waals surface area contributed by atoms with Crippen LogP contribution < -0.4 is 9.47 Å². The average molecular weight is 281 g/mol. The Morgan fingerprint density at radius 3 is 2.50 bits per heavy atom. The molecule has 1 aliphatic rings. The first-order chi connectivity index (χ1) is 9.49. The van der Waals surface area contributed by atoms with Crippen molar-refractivity contribution in [2.45, 2.75) is 6.04 Å². The molecular weight excluding hydrogens is 266 g/mol. The van der Waals surface area contributed by atoms with Gasteiger partial charge in [-0.15, -0.1) is 0 Å². The van der Waals surface area contributed by atoms with E-state index in [-0.39, 0.29) is 6.54 Å². The highest BCUT2D eigenvalue weighted by molar-refractivity contribution is 5.77. The maximum absolute atomic E-state index is 11.4. The van der Waals surface area contributed by atoms with E-state index in [2.05, 4.69) is 0 Å². The largest absolute Gasteiger partial charge is 0.486 e. The van der Waals surface area contributed by atoms with E-state index in [0.717, 1.165) is 0 Å². The van der Waals surface area contributed by atoms with E-state index < -0.39 is 18.0 Å². The third kappa shape index (κ3) is 3.00. The molecule has 0 aliphatic carbocycles. The molecule has 7 heteroatoms. The van der Waals surface area contributed by atoms with Gasteiger partial charge in [0.15, 0.2) is 11.5 Å². The zero-order chi connectivity index (χ0) is 14.7. The molecule has 1 aromatic rings. The summed E-state index contributed by atoms with van der Waals surface area (Å²) in [6, 6.07) is 3.76. The quantitative estimate of drug-likeness (QED) is 0.815. The van der Waals surface area contributed by atoms with E-state index in [1.165, 1.54) is 11.9 Å². The molecule has 1 heterocycles. The average Bonchev–Trinajstić information content (AvgIpc) is 2.37. The third-order valence-electron chi connectivity index (χ3n) is 2.94. The Morgan fingerprint density at radius 1 is 1.25 bits per heavy atom. The lowest BCUT2D eigenvalue weighted by atomic mass is 10.0. The van der Waals surface area contributed by atoms with Crippen LogP contribution in [0.5, 0.6) is 11.5 Å². The van der Waals surface area contributed by atoms with Gasteiger partial charge in [-0.25, -0.2) is 0 Å². The zero-order valence-corrected chi connectivity index (χ0v) is 10.9. The number of hydrogen-bond acceptors (Lipinski definition) is 5. The van der Waals surface area contributed by atoms with Crippen LogP contribution >= 0.6 is 0 Å². The van der Waals surface area contributed by atoms with Gasteiger partial charge in [-0.1, -0.05) is 6.07 Å². The normalized spacial score (nSPS) is 14.9. The molecule has 0 saturated carbocycles. The highest BCUT2D eigenvalue weighted by Gasteiger charge is 2.27. The fourth-order valence-electron chi connectivity index (χ4n) is 2.12. The maximum Gasteiger partial charge on any atom is 0.325 e. The van der Waals surface area contributed by atoms with E-state index in [9.17, 15) is 14.7 Å². The Balaban J connectivity index is 2.29. The summed E-state index contributed by atoms with van der Waals surface area (Å²) in [5.74, 6) is -1.17. The highest BCUT2D eigenvalue weighted by Crippen LogP contribution is 2.33. The van der Waals surface area contributed by atoms with Crippen LogP contribution in [-0.2, 0) is 9.59 Å². The standard InChI is InChI=1S/C13H15NO6/c1-14(7-11(15)16)12(13(17)18)8-2-3-9-10(6-8)20-5-4-19-9/h2-3,6,12H,4-5,7H2,1H3,(H,15,16)(H,17,18). The summed E-state index contributed by atoms with van der Waals surface area (Å²) in [5, 5.41) is 18.1. The Hall–Kier alpha value is -2.28. The smallest absolute Gasteiger partial charge is 0.325 e. The van der Waals surface area contributed by atoms with Crippen molar-refractivity contribution in [2.24, 2.45) is 0 Å². The molecule has 2 rings (SSSR count). The monoisotopic (exact) mass is 281 g/mol. The predicted octanol–water partition coefficient (Wildman–Crippen LogP) is 0.600. The number of carboxylic acids is 2. The van der Waals surface area contributed by atoms with Crippen LogP contribution in [0.25, 0.3) is 0 Å². The molecule has 0 aromatic heterocycles. The van der Waals surface area contributed by atoms with E-state index in [1.54, 1.807) is 18.2 Å². The van der Waals surface area contributed by atoms with Crippen molar-refractivity contribution in [1.82, 2.24) is 4.90 Å². The number of rotatable bonds is 5. The van der Waals surface area contributed by atoms with Crippen molar-refractivity contribution in [3.63, 3.8) is 0 Å². The number of carboxylic acid groups (broad SMARTS) is 2. The summed E-state index contributed by atoms with van der Waals surface area (Å²) in [5.41, 5.74) is 0.450. The van der Waals surface area contributed by atoms with Gasteiger partial charge in [0.1, 0.15) is 19.3 Å². The molecule has 108 valence electrons. The van der Waals surface area contributed by atoms with Crippen molar-refractivity contribution >= 4 is 11.9 Å². The Labute approximate surface area is 115 Å². The van der Waals surface area contributed by atoms with Gasteiger partial charge in [0, 0.05) is 0 Å². The second-order valence-electron chi connectivity index (χ2n) is 4.45. The van der Waals surface area contributed by atoms with Gasteiger partial charge in [0.25, 0.3) is 0 Å². The Morgan fingerprint density at radius 2 is 1.90 bits per heavy atom.